The molecule has 0 bridgehead atoms. The normalized spacial score (nSPS) is 20.5. The average molecular weight is 763 g/mol. The quantitative estimate of drug-likeness (QED) is 0.0649. The van der Waals surface area contributed by atoms with E-state index in [0.29, 0.717) is 33.0 Å². The first-order valence-corrected chi connectivity index (χ1v) is 21.2. The highest BCUT2D eigenvalue weighted by Gasteiger charge is 2.49. The third-order valence-electron chi connectivity index (χ3n) is 10.4. The van der Waals surface area contributed by atoms with Crippen molar-refractivity contribution in [3.8, 4) is 0 Å². The van der Waals surface area contributed by atoms with Crippen LogP contribution in [-0.4, -0.2) is 75.5 Å². The highest BCUT2D eigenvalue weighted by molar-refractivity contribution is 5.15. The van der Waals surface area contributed by atoms with E-state index in [2.05, 4.69) is 6.92 Å². The first-order valence-electron chi connectivity index (χ1n) is 21.2. The maximum atomic E-state index is 10.6. The molecule has 0 radical (unpaired) electrons. The van der Waals surface area contributed by atoms with E-state index in [0.717, 1.165) is 23.1 Å². The van der Waals surface area contributed by atoms with Crippen molar-refractivity contribution in [2.75, 3.05) is 33.5 Å². The number of unbranched alkanes of at least 4 members (excludes halogenated alkanes) is 13. The summed E-state index contributed by atoms with van der Waals surface area (Å²) in [5.74, 6) is 0. The largest absolute Gasteiger partial charge is 0.394 e. The smallest absolute Gasteiger partial charge is 0.187 e. The van der Waals surface area contributed by atoms with Crippen molar-refractivity contribution < 1.29 is 38.3 Å². The number of hydrogen-bond donors (Lipinski definition) is 1. The second kappa shape index (κ2) is 28.7. The van der Waals surface area contributed by atoms with Crippen LogP contribution in [0.15, 0.2) is 91.0 Å². The molecule has 0 saturated carbocycles. The standard InChI is InChI=1S/C47H70O8/c1-3-4-5-6-7-8-9-10-11-12-13-14-15-25-32-50-37-42(49-2)38-54-47-46(53-36-41-30-23-18-24-31-41)45(52-35-40-28-21-17-22-29-40)44(43(33-48)55-47)51-34-39-26-19-16-20-27-39/h16-24,26-31,42-48H,3-15,25,32-38H2,1-2H3/t42?,43-,44+,45+,46-,47-/m1/s1. The highest BCUT2D eigenvalue weighted by Crippen LogP contribution is 2.31. The van der Waals surface area contributed by atoms with Crippen LogP contribution in [0.2, 0.25) is 0 Å². The first-order chi connectivity index (χ1) is 27.2. The lowest BCUT2D eigenvalue weighted by molar-refractivity contribution is -0.330. The number of methoxy groups -OCH3 is 1. The van der Waals surface area contributed by atoms with Gasteiger partial charge in [0.05, 0.1) is 39.6 Å². The van der Waals surface area contributed by atoms with Crippen molar-refractivity contribution in [1.82, 2.24) is 0 Å². The zero-order valence-corrected chi connectivity index (χ0v) is 33.8. The summed E-state index contributed by atoms with van der Waals surface area (Å²) in [6, 6.07) is 30.0. The molecule has 6 atom stereocenters. The first kappa shape index (κ1) is 45.0. The van der Waals surface area contributed by atoms with Crippen molar-refractivity contribution >= 4 is 0 Å². The molecule has 8 heteroatoms. The van der Waals surface area contributed by atoms with Crippen LogP contribution < -0.4 is 0 Å². The molecule has 1 unspecified atom stereocenters. The van der Waals surface area contributed by atoms with E-state index in [1.165, 1.54) is 83.5 Å². The van der Waals surface area contributed by atoms with Gasteiger partial charge in [0.15, 0.2) is 6.29 Å². The number of hydrogen-bond acceptors (Lipinski definition) is 8. The molecular weight excluding hydrogens is 693 g/mol. The molecule has 55 heavy (non-hydrogen) atoms. The SMILES string of the molecule is CCCCCCCCCCCCCCCCOCC(CO[C@@H]1O[C@H](CO)[C@H](OCc2ccccc2)[C@H](OCc2ccccc2)[C@H]1OCc1ccccc1)OC. The van der Waals surface area contributed by atoms with Crippen LogP contribution in [0, 0.1) is 0 Å². The summed E-state index contributed by atoms with van der Waals surface area (Å²) in [5, 5.41) is 10.6. The summed E-state index contributed by atoms with van der Waals surface area (Å²) in [6.07, 6.45) is 14.9. The lowest BCUT2D eigenvalue weighted by Gasteiger charge is -2.45. The van der Waals surface area contributed by atoms with Crippen LogP contribution >= 0.6 is 0 Å². The number of rotatable bonds is 31. The van der Waals surface area contributed by atoms with Crippen molar-refractivity contribution in [3.63, 3.8) is 0 Å². The zero-order valence-electron chi connectivity index (χ0n) is 33.8. The zero-order chi connectivity index (χ0) is 38.6. The maximum absolute atomic E-state index is 10.6. The van der Waals surface area contributed by atoms with Gasteiger partial charge in [0.1, 0.15) is 30.5 Å². The lowest BCUT2D eigenvalue weighted by Crippen LogP contribution is -2.62. The molecular formula is C47H70O8. The van der Waals surface area contributed by atoms with E-state index in [9.17, 15) is 5.11 Å². The second-order valence-electron chi connectivity index (χ2n) is 14.9. The highest BCUT2D eigenvalue weighted by atomic mass is 16.7. The third kappa shape index (κ3) is 18.0. The second-order valence-corrected chi connectivity index (χ2v) is 14.9. The predicted octanol–water partition coefficient (Wildman–Crippen LogP) is 9.99. The van der Waals surface area contributed by atoms with Gasteiger partial charge >= 0.3 is 0 Å². The average Bonchev–Trinajstić information content (AvgIpc) is 3.23. The summed E-state index contributed by atoms with van der Waals surface area (Å²) in [6.45, 7) is 4.33. The van der Waals surface area contributed by atoms with Crippen LogP contribution in [0.3, 0.4) is 0 Å². The lowest BCUT2D eigenvalue weighted by atomic mass is 9.98. The number of aliphatic hydroxyl groups is 1. The monoisotopic (exact) mass is 763 g/mol. The van der Waals surface area contributed by atoms with Gasteiger partial charge in [-0.25, -0.2) is 0 Å². The summed E-state index contributed by atoms with van der Waals surface area (Å²) < 4.78 is 44.5. The molecule has 1 saturated heterocycles. The molecule has 0 aromatic heterocycles. The third-order valence-corrected chi connectivity index (χ3v) is 10.4. The molecule has 1 heterocycles. The van der Waals surface area contributed by atoms with Gasteiger partial charge in [0.2, 0.25) is 0 Å². The molecule has 3 aromatic carbocycles. The van der Waals surface area contributed by atoms with Gasteiger partial charge in [-0.05, 0) is 23.1 Å². The fraction of sp³-hybridized carbons (Fsp3) is 0.617. The summed E-state index contributed by atoms with van der Waals surface area (Å²) in [5.41, 5.74) is 3.05. The summed E-state index contributed by atoms with van der Waals surface area (Å²) >= 11 is 0. The topological polar surface area (TPSA) is 84.8 Å². The molecule has 0 amide bonds. The fourth-order valence-electron chi connectivity index (χ4n) is 7.03. The van der Waals surface area contributed by atoms with E-state index in [1.54, 1.807) is 7.11 Å². The molecule has 3 aromatic rings. The molecule has 1 N–H and O–H groups in total. The van der Waals surface area contributed by atoms with Gasteiger partial charge in [-0.1, -0.05) is 181 Å². The minimum atomic E-state index is -0.846. The van der Waals surface area contributed by atoms with Gasteiger partial charge < -0.3 is 38.3 Å². The Morgan fingerprint density at radius 2 is 0.964 bits per heavy atom. The Morgan fingerprint density at radius 3 is 1.42 bits per heavy atom. The van der Waals surface area contributed by atoms with Crippen molar-refractivity contribution in [1.29, 1.82) is 0 Å². The van der Waals surface area contributed by atoms with Crippen LogP contribution in [0.5, 0.6) is 0 Å². The van der Waals surface area contributed by atoms with E-state index < -0.39 is 30.7 Å². The Bertz CT molecular complexity index is 1310. The minimum absolute atomic E-state index is 0.226. The summed E-state index contributed by atoms with van der Waals surface area (Å²) in [7, 11) is 1.67. The Hall–Kier alpha value is -2.66. The Balaban J connectivity index is 1.27. The fourth-order valence-corrected chi connectivity index (χ4v) is 7.03. The summed E-state index contributed by atoms with van der Waals surface area (Å²) in [4.78, 5) is 0. The maximum Gasteiger partial charge on any atom is 0.187 e. The molecule has 0 aliphatic carbocycles. The molecule has 8 nitrogen and oxygen atoms in total. The van der Waals surface area contributed by atoms with Gasteiger partial charge in [0.25, 0.3) is 0 Å². The molecule has 306 valence electrons. The number of benzene rings is 3. The van der Waals surface area contributed by atoms with Crippen LogP contribution in [0.25, 0.3) is 0 Å². The van der Waals surface area contributed by atoms with Crippen LogP contribution in [-0.2, 0) is 53.0 Å². The van der Waals surface area contributed by atoms with Gasteiger partial charge in [-0.3, -0.25) is 0 Å². The molecule has 1 aliphatic heterocycles. The van der Waals surface area contributed by atoms with Crippen LogP contribution in [0.4, 0.5) is 0 Å². The number of ether oxygens (including phenoxy) is 7. The number of aliphatic hydroxyl groups excluding tert-OH is 1. The van der Waals surface area contributed by atoms with Crippen LogP contribution in [0.1, 0.15) is 114 Å². The minimum Gasteiger partial charge on any atom is -0.394 e. The molecule has 1 fully saturated rings. The Kier molecular flexibility index (Phi) is 23.5. The Morgan fingerprint density at radius 1 is 0.527 bits per heavy atom. The van der Waals surface area contributed by atoms with Crippen molar-refractivity contribution in [3.05, 3.63) is 108 Å². The molecule has 4 rings (SSSR count). The van der Waals surface area contributed by atoms with E-state index in [4.69, 9.17) is 33.2 Å². The van der Waals surface area contributed by atoms with E-state index in [1.807, 2.05) is 91.0 Å². The molecule has 1 aliphatic rings. The predicted molar refractivity (Wildman–Crippen MR) is 219 cm³/mol. The van der Waals surface area contributed by atoms with Gasteiger partial charge in [0, 0.05) is 13.7 Å². The van der Waals surface area contributed by atoms with Crippen molar-refractivity contribution in [2.24, 2.45) is 0 Å². The van der Waals surface area contributed by atoms with Gasteiger partial charge in [-0.15, -0.1) is 0 Å². The van der Waals surface area contributed by atoms with Crippen molar-refractivity contribution in [2.45, 2.75) is 153 Å². The van der Waals surface area contributed by atoms with Gasteiger partial charge in [-0.2, -0.15) is 0 Å². The van der Waals surface area contributed by atoms with E-state index in [-0.39, 0.29) is 19.3 Å². The Labute approximate surface area is 332 Å². The van der Waals surface area contributed by atoms with E-state index >= 15 is 0 Å². The molecule has 0 spiro atoms.